The Kier molecular flexibility index (Phi) is 6.50. The zero-order chi connectivity index (χ0) is 18.4. The van der Waals surface area contributed by atoms with E-state index in [1.807, 2.05) is 60.0 Å². The third-order valence-corrected chi connectivity index (χ3v) is 5.76. The van der Waals surface area contributed by atoms with Crippen molar-refractivity contribution in [1.82, 2.24) is 4.98 Å². The number of carbonyl (C=O) groups excluding carboxylic acids is 1. The van der Waals surface area contributed by atoms with Crippen LogP contribution in [-0.4, -0.2) is 16.6 Å². The number of hydrogen-bond acceptors (Lipinski definition) is 4. The zero-order valence-corrected chi connectivity index (χ0v) is 16.3. The smallest absolute Gasteiger partial charge is 0.230 e. The number of halogens is 1. The standard InChI is InChI=1S/C20H17ClN2OS2/c1-2-11-25-18-6-4-3-5-17(18)23-19(24)12-16-13-26-20(22-16)14-7-9-15(21)10-8-14/h2-10,13H,1,11-12H2,(H,23,24). The number of nitrogens with zero attached hydrogens (tertiary/aromatic N) is 1. The number of anilines is 1. The van der Waals surface area contributed by atoms with E-state index in [0.29, 0.717) is 5.02 Å². The Labute approximate surface area is 166 Å². The van der Waals surface area contributed by atoms with Crippen molar-refractivity contribution in [3.05, 3.63) is 77.3 Å². The average molecular weight is 401 g/mol. The van der Waals surface area contributed by atoms with E-state index >= 15 is 0 Å². The van der Waals surface area contributed by atoms with Gasteiger partial charge in [0.1, 0.15) is 5.01 Å². The number of hydrogen-bond donors (Lipinski definition) is 1. The van der Waals surface area contributed by atoms with Crippen LogP contribution in [0.1, 0.15) is 5.69 Å². The van der Waals surface area contributed by atoms with E-state index in [9.17, 15) is 4.79 Å². The van der Waals surface area contributed by atoms with Crippen LogP contribution < -0.4 is 5.32 Å². The molecule has 0 saturated carbocycles. The number of carbonyl (C=O) groups is 1. The summed E-state index contributed by atoms with van der Waals surface area (Å²) in [6, 6.07) is 15.3. The first-order chi connectivity index (χ1) is 12.7. The lowest BCUT2D eigenvalue weighted by molar-refractivity contribution is -0.115. The normalized spacial score (nSPS) is 10.5. The van der Waals surface area contributed by atoms with Crippen LogP contribution in [0.5, 0.6) is 0 Å². The summed E-state index contributed by atoms with van der Waals surface area (Å²) in [6.07, 6.45) is 2.08. The van der Waals surface area contributed by atoms with E-state index in [1.165, 1.54) is 11.3 Å². The fourth-order valence-electron chi connectivity index (χ4n) is 2.32. The van der Waals surface area contributed by atoms with Crippen LogP contribution in [-0.2, 0) is 11.2 Å². The molecule has 0 saturated heterocycles. The molecule has 3 nitrogen and oxygen atoms in total. The highest BCUT2D eigenvalue weighted by atomic mass is 35.5. The van der Waals surface area contributed by atoms with Crippen LogP contribution in [0, 0.1) is 0 Å². The van der Waals surface area contributed by atoms with Crippen molar-refractivity contribution in [2.75, 3.05) is 11.1 Å². The number of thiazole rings is 1. The van der Waals surface area contributed by atoms with Gasteiger partial charge in [0.2, 0.25) is 5.91 Å². The largest absolute Gasteiger partial charge is 0.325 e. The molecule has 0 fully saturated rings. The van der Waals surface area contributed by atoms with E-state index in [0.717, 1.165) is 32.6 Å². The maximum atomic E-state index is 12.4. The molecule has 0 aliphatic heterocycles. The quantitative estimate of drug-likeness (QED) is 0.395. The van der Waals surface area contributed by atoms with Gasteiger partial charge in [-0.3, -0.25) is 4.79 Å². The van der Waals surface area contributed by atoms with Crippen molar-refractivity contribution in [1.29, 1.82) is 0 Å². The molecule has 3 aromatic rings. The van der Waals surface area contributed by atoms with Gasteiger partial charge < -0.3 is 5.32 Å². The lowest BCUT2D eigenvalue weighted by atomic mass is 10.2. The Hall–Kier alpha value is -2.08. The van der Waals surface area contributed by atoms with E-state index in [1.54, 1.807) is 11.8 Å². The van der Waals surface area contributed by atoms with E-state index < -0.39 is 0 Å². The maximum absolute atomic E-state index is 12.4. The van der Waals surface area contributed by atoms with Crippen molar-refractivity contribution >= 4 is 46.3 Å². The van der Waals surface area contributed by atoms with Gasteiger partial charge in [-0.25, -0.2) is 4.98 Å². The van der Waals surface area contributed by atoms with Crippen LogP contribution in [0.2, 0.25) is 5.02 Å². The van der Waals surface area contributed by atoms with Gasteiger partial charge in [-0.2, -0.15) is 0 Å². The molecule has 3 rings (SSSR count). The first kappa shape index (κ1) is 18.7. The minimum Gasteiger partial charge on any atom is -0.325 e. The second kappa shape index (κ2) is 9.03. The number of benzene rings is 2. The highest BCUT2D eigenvalue weighted by Gasteiger charge is 2.11. The Morgan fingerprint density at radius 2 is 2.00 bits per heavy atom. The molecule has 0 aliphatic carbocycles. The molecule has 1 heterocycles. The highest BCUT2D eigenvalue weighted by molar-refractivity contribution is 7.99. The molecule has 0 atom stereocenters. The topological polar surface area (TPSA) is 42.0 Å². The summed E-state index contributed by atoms with van der Waals surface area (Å²) >= 11 is 9.08. The first-order valence-corrected chi connectivity index (χ1v) is 10.2. The molecule has 1 N–H and O–H groups in total. The van der Waals surface area contributed by atoms with Crippen LogP contribution in [0.15, 0.2) is 71.5 Å². The molecule has 0 unspecified atom stereocenters. The third-order valence-electron chi connectivity index (χ3n) is 3.50. The molecule has 26 heavy (non-hydrogen) atoms. The number of nitrogens with one attached hydrogen (secondary N) is 1. The van der Waals surface area contributed by atoms with Gasteiger partial charge in [-0.15, -0.1) is 29.7 Å². The van der Waals surface area contributed by atoms with Crippen molar-refractivity contribution < 1.29 is 4.79 Å². The van der Waals surface area contributed by atoms with Gasteiger partial charge in [0, 0.05) is 26.6 Å². The fourth-order valence-corrected chi connectivity index (χ4v) is 4.02. The zero-order valence-electron chi connectivity index (χ0n) is 13.9. The molecule has 132 valence electrons. The van der Waals surface area contributed by atoms with Crippen molar-refractivity contribution in [2.45, 2.75) is 11.3 Å². The lowest BCUT2D eigenvalue weighted by Crippen LogP contribution is -2.15. The summed E-state index contributed by atoms with van der Waals surface area (Å²) in [4.78, 5) is 18.0. The number of aromatic nitrogens is 1. The molecule has 0 bridgehead atoms. The summed E-state index contributed by atoms with van der Waals surface area (Å²) in [5.41, 5.74) is 2.57. The second-order valence-electron chi connectivity index (χ2n) is 5.47. The first-order valence-electron chi connectivity index (χ1n) is 7.98. The van der Waals surface area contributed by atoms with E-state index in [4.69, 9.17) is 11.6 Å². The monoisotopic (exact) mass is 400 g/mol. The Bertz CT molecular complexity index is 906. The summed E-state index contributed by atoms with van der Waals surface area (Å²) in [7, 11) is 0. The minimum atomic E-state index is -0.0791. The number of para-hydroxylation sites is 1. The number of amides is 1. The third kappa shape index (κ3) is 4.97. The Morgan fingerprint density at radius 3 is 2.77 bits per heavy atom. The van der Waals surface area contributed by atoms with Crippen LogP contribution in [0.3, 0.4) is 0 Å². The highest BCUT2D eigenvalue weighted by Crippen LogP contribution is 2.28. The van der Waals surface area contributed by atoms with Crippen molar-refractivity contribution in [3.8, 4) is 10.6 Å². The van der Waals surface area contributed by atoms with Gasteiger partial charge in [-0.1, -0.05) is 41.9 Å². The van der Waals surface area contributed by atoms with Gasteiger partial charge in [0.15, 0.2) is 0 Å². The molecular formula is C20H17ClN2OS2. The predicted molar refractivity (Wildman–Crippen MR) is 112 cm³/mol. The van der Waals surface area contributed by atoms with Crippen LogP contribution in [0.4, 0.5) is 5.69 Å². The summed E-state index contributed by atoms with van der Waals surface area (Å²) in [5, 5.41) is 6.47. The Morgan fingerprint density at radius 1 is 1.23 bits per heavy atom. The maximum Gasteiger partial charge on any atom is 0.230 e. The Balaban J connectivity index is 1.66. The molecule has 6 heteroatoms. The molecule has 0 spiro atoms. The van der Waals surface area contributed by atoms with Gasteiger partial charge in [-0.05, 0) is 24.3 Å². The molecule has 1 aromatic heterocycles. The fraction of sp³-hybridized carbons (Fsp3) is 0.100. The van der Waals surface area contributed by atoms with Gasteiger partial charge in [0.25, 0.3) is 0 Å². The van der Waals surface area contributed by atoms with Crippen molar-refractivity contribution in [3.63, 3.8) is 0 Å². The predicted octanol–water partition coefficient (Wildman–Crippen LogP) is 5.92. The number of rotatable bonds is 7. The summed E-state index contributed by atoms with van der Waals surface area (Å²) in [6.45, 7) is 3.73. The second-order valence-corrected chi connectivity index (χ2v) is 7.83. The summed E-state index contributed by atoms with van der Waals surface area (Å²) < 4.78 is 0. The van der Waals surface area contributed by atoms with Crippen molar-refractivity contribution in [2.24, 2.45) is 0 Å². The minimum absolute atomic E-state index is 0.0791. The van der Waals surface area contributed by atoms with Crippen LogP contribution >= 0.6 is 34.7 Å². The van der Waals surface area contributed by atoms with Gasteiger partial charge >= 0.3 is 0 Å². The molecule has 0 aliphatic rings. The molecule has 2 aromatic carbocycles. The number of thioether (sulfide) groups is 1. The molecule has 1 amide bonds. The average Bonchev–Trinajstić information content (AvgIpc) is 3.10. The van der Waals surface area contributed by atoms with E-state index in [2.05, 4.69) is 16.9 Å². The van der Waals surface area contributed by atoms with E-state index in [-0.39, 0.29) is 12.3 Å². The lowest BCUT2D eigenvalue weighted by Gasteiger charge is -2.09. The van der Waals surface area contributed by atoms with Crippen LogP contribution in [0.25, 0.3) is 10.6 Å². The molecule has 0 radical (unpaired) electrons. The van der Waals surface area contributed by atoms with Gasteiger partial charge in [0.05, 0.1) is 17.8 Å². The molecular weight excluding hydrogens is 384 g/mol. The summed E-state index contributed by atoms with van der Waals surface area (Å²) in [5.74, 6) is 0.716. The SMILES string of the molecule is C=CCSc1ccccc1NC(=O)Cc1csc(-c2ccc(Cl)cc2)n1.